The predicted octanol–water partition coefficient (Wildman–Crippen LogP) is 4.89. The highest BCUT2D eigenvalue weighted by Crippen LogP contribution is 2.42. The first-order chi connectivity index (χ1) is 20.7. The first-order valence-corrected chi connectivity index (χ1v) is 15.1. The maximum atomic E-state index is 13.5. The summed E-state index contributed by atoms with van der Waals surface area (Å²) in [7, 11) is 1.65. The van der Waals surface area contributed by atoms with E-state index < -0.39 is 0 Å². The van der Waals surface area contributed by atoms with Gasteiger partial charge in [0.25, 0.3) is 0 Å². The average molecular weight is 565 g/mol. The molecule has 3 saturated heterocycles. The summed E-state index contributed by atoms with van der Waals surface area (Å²) in [6, 6.07) is 27.1. The second-order valence-corrected chi connectivity index (χ2v) is 11.4. The number of hydrogen-bond acceptors (Lipinski definition) is 5. The van der Waals surface area contributed by atoms with Gasteiger partial charge in [-0.3, -0.25) is 9.80 Å². The van der Waals surface area contributed by atoms with Gasteiger partial charge in [-0.15, -0.1) is 0 Å². The Bertz CT molecular complexity index is 1380. The maximum absolute atomic E-state index is 13.5. The van der Waals surface area contributed by atoms with Crippen LogP contribution in [0.3, 0.4) is 0 Å². The van der Waals surface area contributed by atoms with Gasteiger partial charge in [-0.25, -0.2) is 4.79 Å². The molecule has 0 bridgehead atoms. The first-order valence-electron chi connectivity index (χ1n) is 15.1. The fourth-order valence-electron chi connectivity index (χ4n) is 6.50. The highest BCUT2D eigenvalue weighted by Gasteiger charge is 2.50. The minimum Gasteiger partial charge on any atom is -0.497 e. The number of nitrogens with one attached hydrogen (secondary N) is 1. The highest BCUT2D eigenvalue weighted by molar-refractivity contribution is 5.89. The quantitative estimate of drug-likeness (QED) is 0.448. The van der Waals surface area contributed by atoms with Crippen LogP contribution in [-0.4, -0.2) is 92.4 Å². The van der Waals surface area contributed by atoms with Crippen LogP contribution in [0.25, 0.3) is 0 Å². The number of nitrogens with zero attached hydrogens (tertiary/aromatic N) is 3. The molecule has 3 aromatic carbocycles. The normalized spacial score (nSPS) is 22.9. The van der Waals surface area contributed by atoms with Gasteiger partial charge in [0.15, 0.2) is 0 Å². The molecule has 7 nitrogen and oxygen atoms in total. The van der Waals surface area contributed by atoms with Gasteiger partial charge in [0.1, 0.15) is 5.75 Å². The van der Waals surface area contributed by atoms with Crippen LogP contribution in [0, 0.1) is 11.8 Å². The lowest BCUT2D eigenvalue weighted by molar-refractivity contribution is -0.0619. The van der Waals surface area contributed by atoms with Gasteiger partial charge in [0, 0.05) is 67.5 Å². The number of rotatable bonds is 5. The molecule has 6 rings (SSSR count). The number of carbonyl (C=O) groups excluding carboxylic acids is 1. The Balaban J connectivity index is 1.21. The van der Waals surface area contributed by atoms with Crippen molar-refractivity contribution in [2.75, 3.05) is 64.9 Å². The molecule has 218 valence electrons. The van der Waals surface area contributed by atoms with Gasteiger partial charge >= 0.3 is 6.03 Å². The van der Waals surface area contributed by atoms with Crippen LogP contribution in [-0.2, 0) is 4.74 Å². The molecule has 0 radical (unpaired) electrons. The highest BCUT2D eigenvalue weighted by atomic mass is 16.5. The smallest absolute Gasteiger partial charge is 0.321 e. The van der Waals surface area contributed by atoms with E-state index in [9.17, 15) is 4.79 Å². The molecule has 3 aromatic rings. The number of anilines is 1. The monoisotopic (exact) mass is 564 g/mol. The summed E-state index contributed by atoms with van der Waals surface area (Å²) >= 11 is 0. The SMILES string of the molecule is COc1ccc(NC(=O)N2CCCCN3C(CN4CCOCC4)C(c4ccc(C#Cc5ccccc5)cc4)C3C2)cc1. The lowest BCUT2D eigenvalue weighted by Crippen LogP contribution is -2.69. The van der Waals surface area contributed by atoms with Gasteiger partial charge in [-0.2, -0.15) is 0 Å². The molecule has 0 aliphatic carbocycles. The molecular formula is C35H40N4O3. The van der Waals surface area contributed by atoms with Gasteiger partial charge in [-0.1, -0.05) is 42.2 Å². The number of ether oxygens (including phenoxy) is 2. The molecule has 3 atom stereocenters. The molecule has 1 N–H and O–H groups in total. The van der Waals surface area contributed by atoms with Crippen LogP contribution in [0.1, 0.15) is 35.4 Å². The number of carbonyl (C=O) groups is 1. The van der Waals surface area contributed by atoms with Gasteiger partial charge in [0.05, 0.1) is 20.3 Å². The van der Waals surface area contributed by atoms with E-state index in [-0.39, 0.29) is 12.1 Å². The number of urea groups is 1. The van der Waals surface area contributed by atoms with Crippen molar-refractivity contribution in [3.8, 4) is 17.6 Å². The van der Waals surface area contributed by atoms with Gasteiger partial charge < -0.3 is 19.7 Å². The van der Waals surface area contributed by atoms with Crippen LogP contribution in [0.2, 0.25) is 0 Å². The third-order valence-electron chi connectivity index (χ3n) is 8.78. The second kappa shape index (κ2) is 13.4. The number of fused-ring (bicyclic) bond motifs is 1. The minimum absolute atomic E-state index is 0.0380. The zero-order valence-electron chi connectivity index (χ0n) is 24.4. The lowest BCUT2D eigenvalue weighted by Gasteiger charge is -2.58. The largest absolute Gasteiger partial charge is 0.497 e. The number of hydrogen-bond donors (Lipinski definition) is 1. The van der Waals surface area contributed by atoms with Gasteiger partial charge in [-0.05, 0) is 73.5 Å². The van der Waals surface area contributed by atoms with E-state index in [1.54, 1.807) is 7.11 Å². The van der Waals surface area contributed by atoms with Crippen molar-refractivity contribution in [1.29, 1.82) is 0 Å². The summed E-state index contributed by atoms with van der Waals surface area (Å²) in [6.07, 6.45) is 2.09. The summed E-state index contributed by atoms with van der Waals surface area (Å²) in [5.74, 6) is 7.71. The van der Waals surface area contributed by atoms with E-state index in [1.165, 1.54) is 5.56 Å². The summed E-state index contributed by atoms with van der Waals surface area (Å²) in [5, 5.41) is 3.11. The van der Waals surface area contributed by atoms with E-state index in [1.807, 2.05) is 59.5 Å². The molecule has 42 heavy (non-hydrogen) atoms. The molecule has 0 aromatic heterocycles. The summed E-state index contributed by atoms with van der Waals surface area (Å²) in [5.41, 5.74) is 4.14. The Morgan fingerprint density at radius 1 is 0.881 bits per heavy atom. The first kappa shape index (κ1) is 28.3. The Morgan fingerprint density at radius 2 is 1.57 bits per heavy atom. The molecule has 3 heterocycles. The van der Waals surface area contributed by atoms with Crippen molar-refractivity contribution in [2.24, 2.45) is 0 Å². The third-order valence-corrected chi connectivity index (χ3v) is 8.78. The van der Waals surface area contributed by atoms with Crippen LogP contribution >= 0.6 is 0 Å². The fourth-order valence-corrected chi connectivity index (χ4v) is 6.50. The molecular weight excluding hydrogens is 524 g/mol. The molecule has 0 spiro atoms. The molecule has 3 unspecified atom stereocenters. The summed E-state index contributed by atoms with van der Waals surface area (Å²) in [6.45, 7) is 7.13. The second-order valence-electron chi connectivity index (χ2n) is 11.4. The molecule has 0 saturated carbocycles. The van der Waals surface area contributed by atoms with Crippen molar-refractivity contribution in [3.05, 3.63) is 95.6 Å². The van der Waals surface area contributed by atoms with E-state index in [0.29, 0.717) is 18.5 Å². The molecule has 7 heteroatoms. The lowest BCUT2D eigenvalue weighted by atomic mass is 9.73. The zero-order chi connectivity index (χ0) is 28.7. The van der Waals surface area contributed by atoms with Crippen molar-refractivity contribution < 1.29 is 14.3 Å². The average Bonchev–Trinajstić information content (AvgIpc) is 3.02. The topological polar surface area (TPSA) is 57.3 Å². The fraction of sp³-hybridized carbons (Fsp3) is 0.400. The van der Waals surface area contributed by atoms with Crippen LogP contribution in [0.15, 0.2) is 78.9 Å². The van der Waals surface area contributed by atoms with Crippen molar-refractivity contribution in [1.82, 2.24) is 14.7 Å². The number of amides is 2. The molecule has 2 amide bonds. The minimum atomic E-state index is -0.0380. The number of benzene rings is 3. The Morgan fingerprint density at radius 3 is 2.29 bits per heavy atom. The Kier molecular flexibility index (Phi) is 9.05. The predicted molar refractivity (Wildman–Crippen MR) is 166 cm³/mol. The van der Waals surface area contributed by atoms with E-state index in [2.05, 4.69) is 51.2 Å². The van der Waals surface area contributed by atoms with Gasteiger partial charge in [0.2, 0.25) is 0 Å². The van der Waals surface area contributed by atoms with Crippen molar-refractivity contribution >= 4 is 11.7 Å². The molecule has 3 aliphatic heterocycles. The van der Waals surface area contributed by atoms with Crippen LogP contribution in [0.5, 0.6) is 5.75 Å². The zero-order valence-corrected chi connectivity index (χ0v) is 24.4. The van der Waals surface area contributed by atoms with E-state index in [4.69, 9.17) is 9.47 Å². The maximum Gasteiger partial charge on any atom is 0.321 e. The van der Waals surface area contributed by atoms with Crippen LogP contribution in [0.4, 0.5) is 10.5 Å². The third kappa shape index (κ3) is 6.63. The molecule has 3 aliphatic rings. The van der Waals surface area contributed by atoms with Crippen molar-refractivity contribution in [2.45, 2.75) is 30.8 Å². The Labute approximate surface area is 249 Å². The standard InChI is InChI=1S/C35H40N4O3/c1-41-31-17-15-30(16-18-31)36-35(40)38-19-5-6-20-39-32(25-37-21-23-42-24-22-37)34(33(39)26-38)29-13-11-28(12-14-29)10-9-27-7-3-2-4-8-27/h2-4,7-8,11-18,32-34H,5-6,19-26H2,1H3,(H,36,40). The number of methoxy groups -OCH3 is 1. The number of morpholine rings is 1. The Hall–Kier alpha value is -3.83. The molecule has 3 fully saturated rings. The summed E-state index contributed by atoms with van der Waals surface area (Å²) < 4.78 is 10.9. The summed E-state index contributed by atoms with van der Waals surface area (Å²) in [4.78, 5) is 20.7. The van der Waals surface area contributed by atoms with Crippen molar-refractivity contribution in [3.63, 3.8) is 0 Å². The van der Waals surface area contributed by atoms with E-state index in [0.717, 1.165) is 81.3 Å². The van der Waals surface area contributed by atoms with Crippen LogP contribution < -0.4 is 10.1 Å². The van der Waals surface area contributed by atoms with E-state index >= 15 is 0 Å².